The molecule has 3 aliphatic rings. The third kappa shape index (κ3) is 1.54. The number of amides is 1. The summed E-state index contributed by atoms with van der Waals surface area (Å²) in [5.74, 6) is -0.540. The molecule has 1 fully saturated rings. The fraction of sp³-hybridized carbons (Fsp3) is 0.400. The Bertz CT molecular complexity index is 998. The molecule has 2 aliphatic heterocycles. The van der Waals surface area contributed by atoms with E-state index in [2.05, 4.69) is 37.0 Å². The number of nitrogens with one attached hydrogen (secondary N) is 1. The summed E-state index contributed by atoms with van der Waals surface area (Å²) in [6, 6.07) is 5.81. The molecule has 0 spiro atoms. The first-order valence-corrected chi connectivity index (χ1v) is 8.70. The Labute approximate surface area is 145 Å². The summed E-state index contributed by atoms with van der Waals surface area (Å²) in [7, 11) is 0. The van der Waals surface area contributed by atoms with E-state index in [0.717, 1.165) is 17.5 Å². The molecule has 0 bridgehead atoms. The van der Waals surface area contributed by atoms with Crippen LogP contribution in [-0.4, -0.2) is 38.3 Å². The van der Waals surface area contributed by atoms with E-state index >= 15 is 0 Å². The maximum atomic E-state index is 12.9. The number of fused-ring (bicyclic) bond motifs is 4. The van der Waals surface area contributed by atoms with Crippen LogP contribution in [-0.2, 0) is 16.0 Å². The smallest absolute Gasteiger partial charge is 0.262 e. The lowest BCUT2D eigenvalue weighted by atomic mass is 9.69. The van der Waals surface area contributed by atoms with E-state index in [-0.39, 0.29) is 34.9 Å². The number of aromatic amines is 1. The molecular formula is C20H20N2O3. The molecule has 0 unspecified atom stereocenters. The Morgan fingerprint density at radius 3 is 2.84 bits per heavy atom. The highest BCUT2D eigenvalue weighted by molar-refractivity contribution is 6.21. The molecule has 5 rings (SSSR count). The lowest BCUT2D eigenvalue weighted by Crippen LogP contribution is -2.47. The van der Waals surface area contributed by atoms with Gasteiger partial charge in [-0.15, -0.1) is 0 Å². The molecule has 1 saturated heterocycles. The lowest BCUT2D eigenvalue weighted by molar-refractivity contribution is -0.132. The molecule has 1 aliphatic carbocycles. The van der Waals surface area contributed by atoms with E-state index in [9.17, 15) is 14.7 Å². The van der Waals surface area contributed by atoms with Gasteiger partial charge in [-0.1, -0.05) is 12.1 Å². The highest BCUT2D eigenvalue weighted by Crippen LogP contribution is 2.58. The number of aliphatic hydroxyl groups is 1. The molecule has 25 heavy (non-hydrogen) atoms. The van der Waals surface area contributed by atoms with Crippen LogP contribution in [0.25, 0.3) is 10.9 Å². The monoisotopic (exact) mass is 336 g/mol. The number of aromatic nitrogens is 1. The van der Waals surface area contributed by atoms with Gasteiger partial charge in [0.05, 0.1) is 6.04 Å². The Morgan fingerprint density at radius 2 is 2.12 bits per heavy atom. The summed E-state index contributed by atoms with van der Waals surface area (Å²) in [6.07, 6.45) is 2.87. The van der Waals surface area contributed by atoms with Crippen molar-refractivity contribution in [1.82, 2.24) is 9.88 Å². The van der Waals surface area contributed by atoms with E-state index in [1.54, 1.807) is 4.90 Å². The minimum absolute atomic E-state index is 0.000509. The molecule has 2 aromatic rings. The second-order valence-electron chi connectivity index (χ2n) is 8.01. The van der Waals surface area contributed by atoms with Gasteiger partial charge in [0.15, 0.2) is 5.78 Å². The van der Waals surface area contributed by atoms with Crippen LogP contribution in [0.1, 0.15) is 37.8 Å². The summed E-state index contributed by atoms with van der Waals surface area (Å²) >= 11 is 0. The van der Waals surface area contributed by atoms with Gasteiger partial charge in [0, 0.05) is 28.6 Å². The van der Waals surface area contributed by atoms with Crippen molar-refractivity contribution in [1.29, 1.82) is 0 Å². The number of rotatable bonds is 1. The molecule has 0 radical (unpaired) electrons. The van der Waals surface area contributed by atoms with Crippen molar-refractivity contribution in [2.45, 2.75) is 44.7 Å². The van der Waals surface area contributed by atoms with Crippen LogP contribution in [0.2, 0.25) is 0 Å². The van der Waals surface area contributed by atoms with Gasteiger partial charge < -0.3 is 15.0 Å². The number of carbonyl (C=O) groups is 2. The fourth-order valence-corrected chi connectivity index (χ4v) is 5.47. The van der Waals surface area contributed by atoms with E-state index in [0.29, 0.717) is 0 Å². The van der Waals surface area contributed by atoms with Crippen molar-refractivity contribution < 1.29 is 14.7 Å². The van der Waals surface area contributed by atoms with Crippen molar-refractivity contribution >= 4 is 22.6 Å². The molecule has 0 saturated carbocycles. The van der Waals surface area contributed by atoms with Crippen LogP contribution < -0.4 is 0 Å². The summed E-state index contributed by atoms with van der Waals surface area (Å²) in [5, 5.41) is 12.0. The van der Waals surface area contributed by atoms with Crippen LogP contribution in [0.4, 0.5) is 0 Å². The Balaban J connectivity index is 1.78. The van der Waals surface area contributed by atoms with Gasteiger partial charge in [0.25, 0.3) is 5.91 Å². The number of nitrogens with zero attached hydrogens (tertiary/aromatic N) is 1. The van der Waals surface area contributed by atoms with Crippen LogP contribution in [0.3, 0.4) is 0 Å². The minimum atomic E-state index is -0.446. The maximum absolute atomic E-state index is 12.9. The van der Waals surface area contributed by atoms with E-state index < -0.39 is 11.6 Å². The largest absolute Gasteiger partial charge is 0.509 e. The summed E-state index contributed by atoms with van der Waals surface area (Å²) in [6.45, 7) is 5.45. The number of Topliss-reactive ketones (excluding diaryl/α,β-unsaturated/α-hetero) is 1. The topological polar surface area (TPSA) is 73.4 Å². The first-order valence-electron chi connectivity index (χ1n) is 8.70. The summed E-state index contributed by atoms with van der Waals surface area (Å²) in [4.78, 5) is 29.9. The van der Waals surface area contributed by atoms with Crippen molar-refractivity contribution in [2.75, 3.05) is 0 Å². The molecule has 1 aromatic heterocycles. The fourth-order valence-electron chi connectivity index (χ4n) is 5.47. The zero-order valence-electron chi connectivity index (χ0n) is 14.5. The molecule has 128 valence electrons. The molecule has 3 heterocycles. The van der Waals surface area contributed by atoms with Gasteiger partial charge in [0.1, 0.15) is 11.3 Å². The quantitative estimate of drug-likeness (QED) is 0.787. The SMILES string of the molecule is CC(=O)C1=C(O)[C@@H]2[C@@H]3c4c[nH]c5cccc(c45)C[C@@H]3C(C)(C)N2C1=O. The molecule has 3 atom stereocenters. The molecule has 1 aromatic carbocycles. The molecule has 5 heteroatoms. The van der Waals surface area contributed by atoms with Gasteiger partial charge in [-0.05, 0) is 50.3 Å². The Hall–Kier alpha value is -2.56. The molecule has 1 amide bonds. The predicted octanol–water partition coefficient (Wildman–Crippen LogP) is 2.83. The first-order chi connectivity index (χ1) is 11.8. The average Bonchev–Trinajstić information content (AvgIpc) is 3.14. The van der Waals surface area contributed by atoms with Crippen molar-refractivity contribution in [2.24, 2.45) is 5.92 Å². The van der Waals surface area contributed by atoms with Gasteiger partial charge in [-0.25, -0.2) is 0 Å². The zero-order valence-corrected chi connectivity index (χ0v) is 14.5. The third-order valence-corrected chi connectivity index (χ3v) is 6.52. The zero-order chi connectivity index (χ0) is 17.7. The maximum Gasteiger partial charge on any atom is 0.262 e. The van der Waals surface area contributed by atoms with Gasteiger partial charge >= 0.3 is 0 Å². The van der Waals surface area contributed by atoms with Gasteiger partial charge in [-0.3, -0.25) is 9.59 Å². The predicted molar refractivity (Wildman–Crippen MR) is 93.3 cm³/mol. The highest BCUT2D eigenvalue weighted by Gasteiger charge is 2.63. The van der Waals surface area contributed by atoms with Crippen LogP contribution in [0.15, 0.2) is 35.7 Å². The minimum Gasteiger partial charge on any atom is -0.509 e. The van der Waals surface area contributed by atoms with Gasteiger partial charge in [-0.2, -0.15) is 0 Å². The number of benzene rings is 1. The lowest BCUT2D eigenvalue weighted by Gasteiger charge is -2.37. The number of carbonyl (C=O) groups excluding carboxylic acids is 2. The molecule has 5 nitrogen and oxygen atoms in total. The number of hydrogen-bond donors (Lipinski definition) is 2. The van der Waals surface area contributed by atoms with Crippen LogP contribution in [0.5, 0.6) is 0 Å². The number of hydrogen-bond acceptors (Lipinski definition) is 3. The third-order valence-electron chi connectivity index (χ3n) is 6.52. The number of ketones is 1. The second kappa shape index (κ2) is 4.34. The van der Waals surface area contributed by atoms with E-state index in [1.165, 1.54) is 17.9 Å². The van der Waals surface area contributed by atoms with Crippen LogP contribution >= 0.6 is 0 Å². The molecular weight excluding hydrogens is 316 g/mol. The Morgan fingerprint density at radius 1 is 1.36 bits per heavy atom. The number of aliphatic hydroxyl groups excluding tert-OH is 1. The molecule has 2 N–H and O–H groups in total. The highest BCUT2D eigenvalue weighted by atomic mass is 16.3. The van der Waals surface area contributed by atoms with Crippen molar-refractivity contribution in [3.8, 4) is 0 Å². The second-order valence-corrected chi connectivity index (χ2v) is 8.01. The van der Waals surface area contributed by atoms with E-state index in [1.807, 2.05) is 6.20 Å². The average molecular weight is 336 g/mol. The normalized spacial score (nSPS) is 29.3. The Kier molecular flexibility index (Phi) is 2.56. The van der Waals surface area contributed by atoms with E-state index in [4.69, 9.17) is 0 Å². The first kappa shape index (κ1) is 14.8. The van der Waals surface area contributed by atoms with Crippen LogP contribution in [0, 0.1) is 5.92 Å². The number of H-pyrrole nitrogens is 1. The summed E-state index contributed by atoms with van der Waals surface area (Å²) < 4.78 is 0. The summed E-state index contributed by atoms with van der Waals surface area (Å²) in [5.41, 5.74) is 3.04. The van der Waals surface area contributed by atoms with Crippen molar-refractivity contribution in [3.05, 3.63) is 46.9 Å². The van der Waals surface area contributed by atoms with Gasteiger partial charge in [0.2, 0.25) is 0 Å². The standard InChI is InChI=1S/C20H20N2O3/c1-9(23)14-18(24)17-16-11-8-21-13-6-4-5-10(15(11)13)7-12(16)20(2,3)22(17)19(14)25/h4-6,8,12,16-17,21,24H,7H2,1-3H3/t12-,16+,17-/m0/s1. The van der Waals surface area contributed by atoms with Crippen molar-refractivity contribution in [3.63, 3.8) is 0 Å².